The van der Waals surface area contributed by atoms with Gasteiger partial charge in [0.15, 0.2) is 5.11 Å². The number of morpholine rings is 1. The summed E-state index contributed by atoms with van der Waals surface area (Å²) in [6.07, 6.45) is 0. The van der Waals surface area contributed by atoms with E-state index in [0.717, 1.165) is 38.5 Å². The van der Waals surface area contributed by atoms with Crippen LogP contribution in [0.3, 0.4) is 0 Å². The molecule has 1 amide bonds. The average molecular weight is 373 g/mol. The minimum Gasteiger partial charge on any atom is -0.379 e. The predicted octanol–water partition coefficient (Wildman–Crippen LogP) is 2.78. The molecule has 7 heteroatoms. The lowest BCUT2D eigenvalue weighted by atomic mass is 10.2. The lowest BCUT2D eigenvalue weighted by molar-refractivity contribution is 0.0342. The zero-order chi connectivity index (χ0) is 18.4. The van der Waals surface area contributed by atoms with Crippen LogP contribution in [0.5, 0.6) is 0 Å². The van der Waals surface area contributed by atoms with Crippen molar-refractivity contribution in [2.45, 2.75) is 6.54 Å². The summed E-state index contributed by atoms with van der Waals surface area (Å²) >= 11 is 5.13. The lowest BCUT2D eigenvalue weighted by Crippen LogP contribution is -2.35. The number of amides is 1. The Morgan fingerprint density at radius 3 is 2.50 bits per heavy atom. The third-order valence-electron chi connectivity index (χ3n) is 4.07. The van der Waals surface area contributed by atoms with E-state index in [0.29, 0.717) is 0 Å². The van der Waals surface area contributed by atoms with Crippen LogP contribution in [0.4, 0.5) is 10.1 Å². The summed E-state index contributed by atoms with van der Waals surface area (Å²) < 4.78 is 19.0. The maximum atomic E-state index is 13.6. The summed E-state index contributed by atoms with van der Waals surface area (Å²) in [6, 6.07) is 13.6. The summed E-state index contributed by atoms with van der Waals surface area (Å²) in [5.41, 5.74) is 1.91. The molecule has 3 rings (SSSR count). The van der Waals surface area contributed by atoms with Gasteiger partial charge < -0.3 is 10.1 Å². The van der Waals surface area contributed by atoms with E-state index in [-0.39, 0.29) is 10.7 Å². The number of thiocarbonyl (C=S) groups is 1. The molecule has 2 aromatic rings. The molecule has 0 aromatic heterocycles. The minimum atomic E-state index is -0.583. The molecule has 1 fully saturated rings. The second-order valence-electron chi connectivity index (χ2n) is 5.97. The summed E-state index contributed by atoms with van der Waals surface area (Å²) in [5.74, 6) is -1.16. The maximum Gasteiger partial charge on any atom is 0.260 e. The first kappa shape index (κ1) is 18.4. The molecule has 0 aliphatic carbocycles. The van der Waals surface area contributed by atoms with Crippen LogP contribution in [0.25, 0.3) is 0 Å². The highest BCUT2D eigenvalue weighted by Gasteiger charge is 2.13. The molecule has 0 unspecified atom stereocenters. The van der Waals surface area contributed by atoms with Gasteiger partial charge in [0.25, 0.3) is 5.91 Å². The Balaban J connectivity index is 1.52. The van der Waals surface area contributed by atoms with Crippen molar-refractivity contribution in [3.63, 3.8) is 0 Å². The fraction of sp³-hybridized carbons (Fsp3) is 0.263. The summed E-state index contributed by atoms with van der Waals surface area (Å²) in [7, 11) is 0. The average Bonchev–Trinajstić information content (AvgIpc) is 2.64. The van der Waals surface area contributed by atoms with Gasteiger partial charge in [-0.3, -0.25) is 15.0 Å². The van der Waals surface area contributed by atoms with Gasteiger partial charge in [-0.25, -0.2) is 4.39 Å². The number of halogens is 1. The van der Waals surface area contributed by atoms with Gasteiger partial charge in [-0.05, 0) is 42.0 Å². The van der Waals surface area contributed by atoms with E-state index < -0.39 is 11.7 Å². The van der Waals surface area contributed by atoms with Gasteiger partial charge in [-0.2, -0.15) is 0 Å². The zero-order valence-electron chi connectivity index (χ0n) is 14.2. The van der Waals surface area contributed by atoms with E-state index in [9.17, 15) is 9.18 Å². The molecule has 1 heterocycles. The first-order valence-electron chi connectivity index (χ1n) is 8.38. The van der Waals surface area contributed by atoms with Crippen LogP contribution < -0.4 is 10.6 Å². The first-order chi connectivity index (χ1) is 12.6. The van der Waals surface area contributed by atoms with Gasteiger partial charge >= 0.3 is 0 Å². The van der Waals surface area contributed by atoms with Crippen molar-refractivity contribution in [2.24, 2.45) is 0 Å². The van der Waals surface area contributed by atoms with Crippen molar-refractivity contribution in [1.29, 1.82) is 0 Å². The Bertz CT molecular complexity index is 777. The number of benzene rings is 2. The molecule has 136 valence electrons. The number of hydrogen-bond acceptors (Lipinski definition) is 4. The number of hydrogen-bond donors (Lipinski definition) is 2. The van der Waals surface area contributed by atoms with Crippen LogP contribution in [0.2, 0.25) is 0 Å². The standard InChI is InChI=1S/C19H20FN3O2S/c20-17-4-2-1-3-16(17)18(24)22-19(26)21-15-7-5-14(6-8-15)13-23-9-11-25-12-10-23/h1-8H,9-13H2,(H2,21,22,24,26). The van der Waals surface area contributed by atoms with E-state index in [1.54, 1.807) is 6.07 Å². The number of anilines is 1. The third-order valence-corrected chi connectivity index (χ3v) is 4.27. The first-order valence-corrected chi connectivity index (χ1v) is 8.78. The second kappa shape index (κ2) is 8.84. The Labute approximate surface area is 157 Å². The fourth-order valence-corrected chi connectivity index (χ4v) is 2.90. The molecule has 0 spiro atoms. The molecule has 0 saturated carbocycles. The number of carbonyl (C=O) groups excluding carboxylic acids is 1. The fourth-order valence-electron chi connectivity index (χ4n) is 2.69. The van der Waals surface area contributed by atoms with Crippen molar-refractivity contribution in [3.8, 4) is 0 Å². The van der Waals surface area contributed by atoms with Crippen molar-refractivity contribution < 1.29 is 13.9 Å². The molecular weight excluding hydrogens is 353 g/mol. The smallest absolute Gasteiger partial charge is 0.260 e. The molecule has 1 aliphatic heterocycles. The molecular formula is C19H20FN3O2S. The monoisotopic (exact) mass is 373 g/mol. The Hall–Kier alpha value is -2.35. The third kappa shape index (κ3) is 5.08. The molecule has 0 bridgehead atoms. The molecule has 1 aliphatic rings. The summed E-state index contributed by atoms with van der Waals surface area (Å²) in [4.78, 5) is 14.4. The van der Waals surface area contributed by atoms with Crippen LogP contribution in [0, 0.1) is 5.82 Å². The van der Waals surface area contributed by atoms with Crippen molar-refractivity contribution >= 4 is 28.9 Å². The largest absolute Gasteiger partial charge is 0.379 e. The minimum absolute atomic E-state index is 0.0440. The van der Waals surface area contributed by atoms with Gasteiger partial charge in [-0.15, -0.1) is 0 Å². The van der Waals surface area contributed by atoms with Crippen LogP contribution in [-0.4, -0.2) is 42.2 Å². The van der Waals surface area contributed by atoms with Crippen molar-refractivity contribution in [2.75, 3.05) is 31.6 Å². The molecule has 2 N–H and O–H groups in total. The van der Waals surface area contributed by atoms with Gasteiger partial charge in [-0.1, -0.05) is 24.3 Å². The van der Waals surface area contributed by atoms with Gasteiger partial charge in [0.2, 0.25) is 0 Å². The van der Waals surface area contributed by atoms with Crippen LogP contribution in [-0.2, 0) is 11.3 Å². The van der Waals surface area contributed by atoms with E-state index in [2.05, 4.69) is 15.5 Å². The van der Waals surface area contributed by atoms with E-state index in [1.807, 2.05) is 24.3 Å². The highest BCUT2D eigenvalue weighted by atomic mass is 32.1. The highest BCUT2D eigenvalue weighted by Crippen LogP contribution is 2.13. The van der Waals surface area contributed by atoms with E-state index in [1.165, 1.54) is 23.8 Å². The van der Waals surface area contributed by atoms with Crippen LogP contribution in [0.1, 0.15) is 15.9 Å². The second-order valence-corrected chi connectivity index (χ2v) is 6.38. The number of nitrogens with one attached hydrogen (secondary N) is 2. The molecule has 0 radical (unpaired) electrons. The lowest BCUT2D eigenvalue weighted by Gasteiger charge is -2.26. The number of nitrogens with zero attached hydrogens (tertiary/aromatic N) is 1. The predicted molar refractivity (Wildman–Crippen MR) is 103 cm³/mol. The van der Waals surface area contributed by atoms with Crippen LogP contribution >= 0.6 is 12.2 Å². The summed E-state index contributed by atoms with van der Waals surface area (Å²) in [6.45, 7) is 4.29. The van der Waals surface area contributed by atoms with E-state index in [4.69, 9.17) is 17.0 Å². The Morgan fingerprint density at radius 1 is 1.12 bits per heavy atom. The van der Waals surface area contributed by atoms with Gasteiger partial charge in [0.05, 0.1) is 18.8 Å². The van der Waals surface area contributed by atoms with Crippen molar-refractivity contribution in [3.05, 3.63) is 65.5 Å². The Morgan fingerprint density at radius 2 is 1.81 bits per heavy atom. The summed E-state index contributed by atoms with van der Waals surface area (Å²) in [5, 5.41) is 5.55. The Kier molecular flexibility index (Phi) is 6.27. The van der Waals surface area contributed by atoms with Gasteiger partial charge in [0.1, 0.15) is 5.82 Å². The topological polar surface area (TPSA) is 53.6 Å². The zero-order valence-corrected chi connectivity index (χ0v) is 15.0. The molecule has 1 saturated heterocycles. The normalized spacial score (nSPS) is 14.7. The van der Waals surface area contributed by atoms with E-state index >= 15 is 0 Å². The number of ether oxygens (including phenoxy) is 1. The van der Waals surface area contributed by atoms with Gasteiger partial charge in [0, 0.05) is 25.3 Å². The van der Waals surface area contributed by atoms with Crippen molar-refractivity contribution in [1.82, 2.24) is 10.2 Å². The molecule has 5 nitrogen and oxygen atoms in total. The molecule has 2 aromatic carbocycles. The number of carbonyl (C=O) groups is 1. The maximum absolute atomic E-state index is 13.6. The highest BCUT2D eigenvalue weighted by molar-refractivity contribution is 7.80. The molecule has 26 heavy (non-hydrogen) atoms. The number of rotatable bonds is 4. The quantitative estimate of drug-likeness (QED) is 0.808. The molecule has 0 atom stereocenters. The van der Waals surface area contributed by atoms with Crippen LogP contribution in [0.15, 0.2) is 48.5 Å². The SMILES string of the molecule is O=C(NC(=S)Nc1ccc(CN2CCOCC2)cc1)c1ccccc1F.